The number of amides is 1. The number of thioether (sulfide) groups is 1. The van der Waals surface area contributed by atoms with Gasteiger partial charge in [-0.1, -0.05) is 17.8 Å². The van der Waals surface area contributed by atoms with E-state index in [-0.39, 0.29) is 22.6 Å². The van der Waals surface area contributed by atoms with Crippen molar-refractivity contribution in [2.24, 2.45) is 5.14 Å². The molecule has 11 heteroatoms. The number of nitrogens with zero attached hydrogens (tertiary/aromatic N) is 5. The van der Waals surface area contributed by atoms with Gasteiger partial charge in [-0.05, 0) is 47.5 Å². The molecule has 0 spiro atoms. The minimum absolute atomic E-state index is 0.0516. The Morgan fingerprint density at radius 2 is 2.27 bits per heavy atom. The molecular weight excluding hydrogens is 376 g/mol. The molecule has 1 atom stereocenters. The fourth-order valence-corrected chi connectivity index (χ4v) is 4.21. The van der Waals surface area contributed by atoms with Crippen molar-refractivity contribution < 1.29 is 13.2 Å². The molecule has 0 saturated heterocycles. The minimum atomic E-state index is -3.77. The van der Waals surface area contributed by atoms with Gasteiger partial charge in [-0.15, -0.1) is 11.7 Å². The first-order chi connectivity index (χ1) is 12.3. The van der Waals surface area contributed by atoms with Crippen molar-refractivity contribution in [3.63, 3.8) is 0 Å². The van der Waals surface area contributed by atoms with E-state index < -0.39 is 10.0 Å². The van der Waals surface area contributed by atoms with E-state index in [9.17, 15) is 13.2 Å². The number of hydrogen-bond acceptors (Lipinski definition) is 7. The van der Waals surface area contributed by atoms with E-state index in [0.29, 0.717) is 23.8 Å². The van der Waals surface area contributed by atoms with Crippen LogP contribution in [0.5, 0.6) is 0 Å². The van der Waals surface area contributed by atoms with Crippen molar-refractivity contribution in [2.45, 2.75) is 36.0 Å². The Morgan fingerprint density at radius 3 is 2.96 bits per heavy atom. The Morgan fingerprint density at radius 1 is 1.50 bits per heavy atom. The van der Waals surface area contributed by atoms with Crippen LogP contribution in [0.4, 0.5) is 5.69 Å². The van der Waals surface area contributed by atoms with Crippen LogP contribution in [0, 0.1) is 0 Å². The zero-order valence-electron chi connectivity index (χ0n) is 14.1. The molecule has 1 unspecified atom stereocenters. The number of hydrogen-bond donors (Lipinski definition) is 1. The molecule has 1 amide bonds. The summed E-state index contributed by atoms with van der Waals surface area (Å²) in [5.41, 5.74) is 1.50. The van der Waals surface area contributed by atoms with E-state index in [2.05, 4.69) is 22.1 Å². The lowest BCUT2D eigenvalue weighted by atomic mass is 10.1. The van der Waals surface area contributed by atoms with E-state index in [1.54, 1.807) is 21.7 Å². The molecule has 0 saturated carbocycles. The van der Waals surface area contributed by atoms with Gasteiger partial charge in [-0.3, -0.25) is 4.79 Å². The highest BCUT2D eigenvalue weighted by Gasteiger charge is 2.31. The van der Waals surface area contributed by atoms with E-state index in [0.717, 1.165) is 5.56 Å². The Hall–Kier alpha value is -2.24. The number of anilines is 1. The minimum Gasteiger partial charge on any atom is -0.308 e. The summed E-state index contributed by atoms with van der Waals surface area (Å²) in [5, 5.41) is 17.1. The summed E-state index contributed by atoms with van der Waals surface area (Å²) >= 11 is 1.24. The smallest absolute Gasteiger partial charge is 0.238 e. The van der Waals surface area contributed by atoms with Gasteiger partial charge < -0.3 is 4.90 Å². The van der Waals surface area contributed by atoms with Gasteiger partial charge in [0.1, 0.15) is 0 Å². The molecular formula is C15H18N6O3S2. The third-order valence-corrected chi connectivity index (χ3v) is 5.84. The van der Waals surface area contributed by atoms with Crippen molar-refractivity contribution >= 4 is 33.4 Å². The van der Waals surface area contributed by atoms with Gasteiger partial charge in [0.2, 0.25) is 21.1 Å². The maximum absolute atomic E-state index is 12.7. The van der Waals surface area contributed by atoms with Crippen LogP contribution >= 0.6 is 11.8 Å². The van der Waals surface area contributed by atoms with Gasteiger partial charge in [0.15, 0.2) is 0 Å². The predicted octanol–water partition coefficient (Wildman–Crippen LogP) is 0.576. The van der Waals surface area contributed by atoms with E-state index in [4.69, 9.17) is 5.14 Å². The van der Waals surface area contributed by atoms with E-state index in [1.807, 2.05) is 6.92 Å². The number of carbonyl (C=O) groups excluding carboxylic acids is 1. The summed E-state index contributed by atoms with van der Waals surface area (Å²) in [5.74, 6) is 0.0656. The number of benzene rings is 1. The van der Waals surface area contributed by atoms with Crippen LogP contribution in [0.3, 0.4) is 0 Å². The fourth-order valence-electron chi connectivity index (χ4n) is 2.90. The first-order valence-corrected chi connectivity index (χ1v) is 10.3. The third-order valence-electron chi connectivity index (χ3n) is 3.99. The topological polar surface area (TPSA) is 124 Å². The van der Waals surface area contributed by atoms with Crippen LogP contribution in [-0.2, 0) is 27.8 Å². The number of nitrogens with two attached hydrogens (primary N) is 1. The van der Waals surface area contributed by atoms with E-state index in [1.165, 1.54) is 23.9 Å². The summed E-state index contributed by atoms with van der Waals surface area (Å²) in [6, 6.07) is 4.51. The highest BCUT2D eigenvalue weighted by molar-refractivity contribution is 7.99. The molecule has 2 aromatic rings. The molecule has 26 heavy (non-hydrogen) atoms. The van der Waals surface area contributed by atoms with Gasteiger partial charge in [0.05, 0.1) is 17.2 Å². The maximum atomic E-state index is 12.7. The normalized spacial score (nSPS) is 16.5. The van der Waals surface area contributed by atoms with E-state index >= 15 is 0 Å². The molecule has 1 aliphatic heterocycles. The quantitative estimate of drug-likeness (QED) is 0.561. The second kappa shape index (κ2) is 7.17. The molecule has 0 aliphatic carbocycles. The maximum Gasteiger partial charge on any atom is 0.238 e. The molecule has 1 aliphatic rings. The molecule has 138 valence electrons. The van der Waals surface area contributed by atoms with Crippen molar-refractivity contribution in [2.75, 3.05) is 10.7 Å². The van der Waals surface area contributed by atoms with Crippen molar-refractivity contribution in [3.05, 3.63) is 36.4 Å². The number of allylic oxidation sites excluding steroid dienone is 1. The average molecular weight is 394 g/mol. The van der Waals surface area contributed by atoms with Crippen LogP contribution < -0.4 is 10.0 Å². The van der Waals surface area contributed by atoms with Gasteiger partial charge in [0.25, 0.3) is 0 Å². The molecule has 1 aromatic carbocycles. The number of sulfonamides is 1. The fraction of sp³-hybridized carbons (Fsp3) is 0.333. The Labute approximate surface area is 155 Å². The van der Waals surface area contributed by atoms with Crippen LogP contribution in [0.15, 0.2) is 40.9 Å². The molecule has 1 aromatic heterocycles. The summed E-state index contributed by atoms with van der Waals surface area (Å²) in [6.07, 6.45) is 2.24. The highest BCUT2D eigenvalue weighted by Crippen LogP contribution is 2.34. The van der Waals surface area contributed by atoms with Crippen LogP contribution in [0.1, 0.15) is 12.5 Å². The summed E-state index contributed by atoms with van der Waals surface area (Å²) in [4.78, 5) is 14.5. The van der Waals surface area contributed by atoms with Gasteiger partial charge >= 0.3 is 0 Å². The van der Waals surface area contributed by atoms with Crippen LogP contribution in [0.2, 0.25) is 0 Å². The lowest BCUT2D eigenvalue weighted by Gasteiger charge is -2.22. The average Bonchev–Trinajstić information content (AvgIpc) is 3.14. The molecule has 9 nitrogen and oxygen atoms in total. The van der Waals surface area contributed by atoms with Crippen molar-refractivity contribution in [1.29, 1.82) is 0 Å². The van der Waals surface area contributed by atoms with Crippen molar-refractivity contribution in [1.82, 2.24) is 20.2 Å². The molecule has 0 radical (unpaired) electrons. The standard InChI is InChI=1S/C15H18N6O3S2/c1-3-6-20-15(17-18-19-20)25-9-14(22)21-10(2)7-11-8-12(26(16,23)24)4-5-13(11)21/h3-5,8,10H,1,6-7,9H2,2H3,(H2,16,23,24). The lowest BCUT2D eigenvalue weighted by Crippen LogP contribution is -2.37. The molecule has 0 fully saturated rings. The number of aromatic nitrogens is 4. The zero-order chi connectivity index (χ0) is 18.9. The lowest BCUT2D eigenvalue weighted by molar-refractivity contribution is -0.116. The summed E-state index contributed by atoms with van der Waals surface area (Å²) < 4.78 is 24.6. The molecule has 3 rings (SSSR count). The monoisotopic (exact) mass is 394 g/mol. The largest absolute Gasteiger partial charge is 0.308 e. The summed E-state index contributed by atoms with van der Waals surface area (Å²) in [7, 11) is -3.77. The number of rotatable bonds is 6. The highest BCUT2D eigenvalue weighted by atomic mass is 32.2. The Kier molecular flexibility index (Phi) is 5.12. The predicted molar refractivity (Wildman–Crippen MR) is 97.2 cm³/mol. The molecule has 2 heterocycles. The Bertz CT molecular complexity index is 956. The van der Waals surface area contributed by atoms with Crippen molar-refractivity contribution in [3.8, 4) is 0 Å². The second-order valence-electron chi connectivity index (χ2n) is 5.87. The number of primary sulfonamides is 1. The SMILES string of the molecule is C=CCn1nnnc1SCC(=O)N1c2ccc(S(N)(=O)=O)cc2CC1C. The number of tetrazole rings is 1. The zero-order valence-corrected chi connectivity index (χ0v) is 15.7. The van der Waals surface area contributed by atoms with Gasteiger partial charge in [0, 0.05) is 11.7 Å². The first-order valence-electron chi connectivity index (χ1n) is 7.79. The number of fused-ring (bicyclic) bond motifs is 1. The second-order valence-corrected chi connectivity index (χ2v) is 8.38. The Balaban J connectivity index is 1.77. The van der Waals surface area contributed by atoms with Crippen LogP contribution in [0.25, 0.3) is 0 Å². The first kappa shape index (κ1) is 18.5. The van der Waals surface area contributed by atoms with Crippen LogP contribution in [-0.4, -0.2) is 46.3 Å². The molecule has 2 N–H and O–H groups in total. The third kappa shape index (κ3) is 3.64. The summed E-state index contributed by atoms with van der Waals surface area (Å²) in [6.45, 7) is 6.02. The van der Waals surface area contributed by atoms with Gasteiger partial charge in [-0.2, -0.15) is 0 Å². The van der Waals surface area contributed by atoms with Gasteiger partial charge in [-0.25, -0.2) is 18.2 Å². The molecule has 0 bridgehead atoms. The number of carbonyl (C=O) groups is 1.